The monoisotopic (exact) mass is 643 g/mol. The zero-order chi connectivity index (χ0) is 33.8. The SMILES string of the molecule is CC1(C)c2ccccc2-c2ccc(N(c3ccc4c(c3)oc3ccccc34)c3ccccc3-c3cccc4c3-c3ccccc3C4(C)C)cc21. The minimum Gasteiger partial charge on any atom is -0.456 e. The molecule has 0 amide bonds. The summed E-state index contributed by atoms with van der Waals surface area (Å²) in [6.45, 7) is 9.42. The molecule has 0 saturated carbocycles. The van der Waals surface area contributed by atoms with Gasteiger partial charge >= 0.3 is 0 Å². The molecule has 10 rings (SSSR count). The number of nitrogens with zero attached hydrogens (tertiary/aromatic N) is 1. The number of para-hydroxylation sites is 2. The third-order valence-electron chi connectivity index (χ3n) is 11.5. The molecular weight excluding hydrogens is 607 g/mol. The van der Waals surface area contributed by atoms with Crippen molar-refractivity contribution in [1.29, 1.82) is 0 Å². The second-order valence-corrected chi connectivity index (χ2v) is 14.9. The maximum absolute atomic E-state index is 6.48. The normalized spacial score (nSPS) is 14.7. The fourth-order valence-corrected chi connectivity index (χ4v) is 8.99. The molecule has 0 aliphatic heterocycles. The van der Waals surface area contributed by atoms with Gasteiger partial charge in [-0.15, -0.1) is 0 Å². The molecule has 2 aliphatic carbocycles. The lowest BCUT2D eigenvalue weighted by molar-refractivity contribution is 0.660. The van der Waals surface area contributed by atoms with E-state index in [0.717, 1.165) is 39.0 Å². The highest BCUT2D eigenvalue weighted by molar-refractivity contribution is 6.06. The van der Waals surface area contributed by atoms with Crippen LogP contribution in [0.1, 0.15) is 49.9 Å². The second-order valence-electron chi connectivity index (χ2n) is 14.9. The lowest BCUT2D eigenvalue weighted by Gasteiger charge is -2.30. The molecule has 1 heterocycles. The first-order valence-corrected chi connectivity index (χ1v) is 17.6. The van der Waals surface area contributed by atoms with Gasteiger partial charge in [-0.1, -0.05) is 137 Å². The van der Waals surface area contributed by atoms with Crippen LogP contribution in [0.4, 0.5) is 17.1 Å². The van der Waals surface area contributed by atoms with E-state index in [4.69, 9.17) is 4.42 Å². The predicted octanol–water partition coefficient (Wildman–Crippen LogP) is 13.3. The van der Waals surface area contributed by atoms with Gasteiger partial charge in [-0.3, -0.25) is 0 Å². The average Bonchev–Trinajstić information content (AvgIpc) is 3.71. The second kappa shape index (κ2) is 10.3. The molecule has 8 aromatic rings. The minimum absolute atomic E-state index is 0.0799. The molecule has 240 valence electrons. The van der Waals surface area contributed by atoms with Crippen molar-refractivity contribution in [3.05, 3.63) is 174 Å². The average molecular weight is 644 g/mol. The molecule has 0 unspecified atom stereocenters. The molecule has 0 bridgehead atoms. The molecule has 2 heteroatoms. The van der Waals surface area contributed by atoms with E-state index in [2.05, 4.69) is 178 Å². The van der Waals surface area contributed by atoms with E-state index in [1.165, 1.54) is 55.6 Å². The Morgan fingerprint density at radius 1 is 0.400 bits per heavy atom. The predicted molar refractivity (Wildman–Crippen MR) is 209 cm³/mol. The van der Waals surface area contributed by atoms with Crippen LogP contribution in [0.5, 0.6) is 0 Å². The van der Waals surface area contributed by atoms with Gasteiger partial charge in [-0.05, 0) is 86.5 Å². The van der Waals surface area contributed by atoms with Gasteiger partial charge in [0.25, 0.3) is 0 Å². The van der Waals surface area contributed by atoms with Gasteiger partial charge < -0.3 is 9.32 Å². The quantitative estimate of drug-likeness (QED) is 0.190. The van der Waals surface area contributed by atoms with Crippen LogP contribution in [0, 0.1) is 0 Å². The van der Waals surface area contributed by atoms with Crippen molar-refractivity contribution >= 4 is 39.0 Å². The largest absolute Gasteiger partial charge is 0.456 e. The molecule has 0 N–H and O–H groups in total. The highest BCUT2D eigenvalue weighted by Gasteiger charge is 2.38. The van der Waals surface area contributed by atoms with Crippen molar-refractivity contribution in [2.75, 3.05) is 4.90 Å². The molecule has 0 radical (unpaired) electrons. The first-order chi connectivity index (χ1) is 24.3. The summed E-state index contributed by atoms with van der Waals surface area (Å²) in [5, 5.41) is 2.27. The Labute approximate surface area is 293 Å². The Bertz CT molecular complexity index is 2670. The van der Waals surface area contributed by atoms with Crippen LogP contribution in [-0.2, 0) is 10.8 Å². The maximum Gasteiger partial charge on any atom is 0.137 e. The number of benzene rings is 7. The standard InChI is InChI=1S/C48H37NO/c1-47(2)40-20-10-6-17-38(40)46-37(18-13-21-41(46)47)34-15-7-11-22-43(34)49(31-25-27-36-35-16-8-12-23-44(35)50-45(36)29-31)30-24-26-33-32-14-5-9-19-39(32)48(3,4)42(33)28-30/h5-29H,1-4H3. The lowest BCUT2D eigenvalue weighted by atomic mass is 9.82. The van der Waals surface area contributed by atoms with E-state index in [9.17, 15) is 0 Å². The molecule has 2 aliphatic rings. The molecular formula is C48H37NO. The number of hydrogen-bond donors (Lipinski definition) is 0. The highest BCUT2D eigenvalue weighted by atomic mass is 16.3. The molecule has 0 spiro atoms. The Morgan fingerprint density at radius 2 is 0.960 bits per heavy atom. The van der Waals surface area contributed by atoms with E-state index >= 15 is 0 Å². The number of hydrogen-bond acceptors (Lipinski definition) is 2. The molecule has 50 heavy (non-hydrogen) atoms. The van der Waals surface area contributed by atoms with Gasteiger partial charge in [0.15, 0.2) is 0 Å². The fourth-order valence-electron chi connectivity index (χ4n) is 8.99. The summed E-state index contributed by atoms with van der Waals surface area (Å²) in [6, 6.07) is 55.6. The van der Waals surface area contributed by atoms with Gasteiger partial charge in [0.05, 0.1) is 5.69 Å². The van der Waals surface area contributed by atoms with Gasteiger partial charge in [0, 0.05) is 44.6 Å². The van der Waals surface area contributed by atoms with Crippen LogP contribution in [0.15, 0.2) is 156 Å². The van der Waals surface area contributed by atoms with Crippen LogP contribution in [-0.4, -0.2) is 0 Å². The van der Waals surface area contributed by atoms with Gasteiger partial charge in [0.2, 0.25) is 0 Å². The smallest absolute Gasteiger partial charge is 0.137 e. The molecule has 0 saturated heterocycles. The summed E-state index contributed by atoms with van der Waals surface area (Å²) < 4.78 is 6.48. The fraction of sp³-hybridized carbons (Fsp3) is 0.125. The Kier molecular flexibility index (Phi) is 6.01. The van der Waals surface area contributed by atoms with Crippen LogP contribution in [0.2, 0.25) is 0 Å². The summed E-state index contributed by atoms with van der Waals surface area (Å²) in [5.74, 6) is 0. The number of rotatable bonds is 4. The van der Waals surface area contributed by atoms with Crippen molar-refractivity contribution < 1.29 is 4.42 Å². The van der Waals surface area contributed by atoms with Gasteiger partial charge in [0.1, 0.15) is 11.2 Å². The number of furan rings is 1. The van der Waals surface area contributed by atoms with Crippen molar-refractivity contribution in [3.63, 3.8) is 0 Å². The Balaban J connectivity index is 1.23. The molecule has 0 atom stereocenters. The molecule has 2 nitrogen and oxygen atoms in total. The topological polar surface area (TPSA) is 16.4 Å². The zero-order valence-electron chi connectivity index (χ0n) is 28.8. The number of anilines is 3. The zero-order valence-corrected chi connectivity index (χ0v) is 28.8. The summed E-state index contributed by atoms with van der Waals surface area (Å²) >= 11 is 0. The van der Waals surface area contributed by atoms with Gasteiger partial charge in [-0.2, -0.15) is 0 Å². The summed E-state index contributed by atoms with van der Waals surface area (Å²) in [4.78, 5) is 2.44. The Hall–Kier alpha value is -5.86. The summed E-state index contributed by atoms with van der Waals surface area (Å²) in [5.41, 5.74) is 18.1. The third-order valence-corrected chi connectivity index (χ3v) is 11.5. The van der Waals surface area contributed by atoms with Crippen molar-refractivity contribution in [2.24, 2.45) is 0 Å². The van der Waals surface area contributed by atoms with Crippen LogP contribution >= 0.6 is 0 Å². The van der Waals surface area contributed by atoms with Crippen molar-refractivity contribution in [2.45, 2.75) is 38.5 Å². The van der Waals surface area contributed by atoms with Gasteiger partial charge in [-0.25, -0.2) is 0 Å². The maximum atomic E-state index is 6.48. The first-order valence-electron chi connectivity index (χ1n) is 17.6. The van der Waals surface area contributed by atoms with Crippen LogP contribution < -0.4 is 4.90 Å². The van der Waals surface area contributed by atoms with E-state index in [1.807, 2.05) is 6.07 Å². The van der Waals surface area contributed by atoms with Crippen molar-refractivity contribution in [1.82, 2.24) is 0 Å². The van der Waals surface area contributed by atoms with E-state index in [1.54, 1.807) is 0 Å². The number of fused-ring (bicyclic) bond motifs is 9. The molecule has 7 aromatic carbocycles. The summed E-state index contributed by atoms with van der Waals surface area (Å²) in [6.07, 6.45) is 0. The highest BCUT2D eigenvalue weighted by Crippen LogP contribution is 2.55. The van der Waals surface area contributed by atoms with E-state index in [0.29, 0.717) is 0 Å². The molecule has 0 fully saturated rings. The summed E-state index contributed by atoms with van der Waals surface area (Å²) in [7, 11) is 0. The van der Waals surface area contributed by atoms with E-state index in [-0.39, 0.29) is 10.8 Å². The van der Waals surface area contributed by atoms with E-state index < -0.39 is 0 Å². The Morgan fingerprint density at radius 3 is 1.80 bits per heavy atom. The van der Waals surface area contributed by atoms with Crippen molar-refractivity contribution in [3.8, 4) is 33.4 Å². The van der Waals surface area contributed by atoms with Crippen LogP contribution in [0.3, 0.4) is 0 Å². The van der Waals surface area contributed by atoms with Crippen LogP contribution in [0.25, 0.3) is 55.3 Å². The lowest BCUT2D eigenvalue weighted by Crippen LogP contribution is -2.17. The minimum atomic E-state index is -0.120. The first kappa shape index (κ1) is 29.1. The molecule has 1 aromatic heterocycles. The third kappa shape index (κ3) is 3.96.